The van der Waals surface area contributed by atoms with Crippen LogP contribution in [0.25, 0.3) is 11.4 Å². The maximum absolute atomic E-state index is 12.4. The zero-order valence-corrected chi connectivity index (χ0v) is 15.8. The summed E-state index contributed by atoms with van der Waals surface area (Å²) in [5.41, 5.74) is 1.52. The van der Waals surface area contributed by atoms with Gasteiger partial charge >= 0.3 is 5.97 Å². The largest absolute Gasteiger partial charge is 0.459 e. The molecule has 4 aromatic rings. The topological polar surface area (TPSA) is 120 Å². The van der Waals surface area contributed by atoms with Gasteiger partial charge in [-0.1, -0.05) is 5.16 Å². The third kappa shape index (κ3) is 4.25. The normalized spacial score (nSPS) is 11.6. The molecule has 0 aliphatic rings. The molecule has 0 radical (unpaired) electrons. The minimum Gasteiger partial charge on any atom is -0.459 e. The quantitative estimate of drug-likeness (QED) is 0.481. The summed E-state index contributed by atoms with van der Waals surface area (Å²) in [4.78, 5) is 32.6. The van der Waals surface area contributed by atoms with E-state index in [0.717, 1.165) is 0 Å². The van der Waals surface area contributed by atoms with Crippen molar-refractivity contribution in [3.63, 3.8) is 0 Å². The monoisotopic (exact) mass is 404 g/mol. The van der Waals surface area contributed by atoms with Crippen LogP contribution in [0, 0.1) is 0 Å². The number of furan rings is 1. The number of nitrogens with zero attached hydrogens (tertiary/aromatic N) is 3. The van der Waals surface area contributed by atoms with Crippen LogP contribution in [0.4, 0.5) is 5.69 Å². The van der Waals surface area contributed by atoms with Gasteiger partial charge in [-0.3, -0.25) is 9.78 Å². The number of hydrogen-bond acceptors (Lipinski definition) is 8. The summed E-state index contributed by atoms with van der Waals surface area (Å²) in [6.07, 6.45) is 3.92. The first-order chi connectivity index (χ1) is 14.6. The van der Waals surface area contributed by atoms with Crippen LogP contribution in [-0.4, -0.2) is 27.0 Å². The Balaban J connectivity index is 1.38. The molecule has 30 heavy (non-hydrogen) atoms. The number of nitrogens with one attached hydrogen (secondary N) is 1. The molecular weight excluding hydrogens is 388 g/mol. The first-order valence-corrected chi connectivity index (χ1v) is 9.00. The van der Waals surface area contributed by atoms with Crippen LogP contribution >= 0.6 is 0 Å². The molecule has 0 aliphatic heterocycles. The van der Waals surface area contributed by atoms with E-state index in [0.29, 0.717) is 22.6 Å². The highest BCUT2D eigenvalue weighted by molar-refractivity contribution is 6.02. The van der Waals surface area contributed by atoms with Crippen molar-refractivity contribution in [1.29, 1.82) is 0 Å². The highest BCUT2D eigenvalue weighted by Crippen LogP contribution is 2.21. The Morgan fingerprint density at radius 3 is 2.63 bits per heavy atom. The average Bonchev–Trinajstić information content (AvgIpc) is 3.47. The Hall–Kier alpha value is -4.27. The van der Waals surface area contributed by atoms with E-state index in [-0.39, 0.29) is 17.6 Å². The Morgan fingerprint density at radius 1 is 1.10 bits per heavy atom. The summed E-state index contributed by atoms with van der Waals surface area (Å²) < 4.78 is 15.6. The van der Waals surface area contributed by atoms with Crippen LogP contribution in [-0.2, 0) is 4.74 Å². The van der Waals surface area contributed by atoms with Gasteiger partial charge in [0.2, 0.25) is 5.82 Å². The summed E-state index contributed by atoms with van der Waals surface area (Å²) in [6, 6.07) is 13.0. The second kappa shape index (κ2) is 8.39. The third-order valence-corrected chi connectivity index (χ3v) is 4.12. The standard InChI is InChI=1S/C21H16N4O5/c1-13(20-24-18(25-30-20)15-4-2-10-22-12-15)29-21(27)14-6-8-16(9-7-14)23-19(26)17-5-3-11-28-17/h2-13H,1H3,(H,23,26). The van der Waals surface area contributed by atoms with Crippen LogP contribution in [0.1, 0.15) is 39.8 Å². The highest BCUT2D eigenvalue weighted by atomic mass is 16.6. The Kier molecular flexibility index (Phi) is 5.33. The molecular formula is C21H16N4O5. The first-order valence-electron chi connectivity index (χ1n) is 9.00. The number of rotatable bonds is 6. The molecule has 1 atom stereocenters. The van der Waals surface area contributed by atoms with Crippen LogP contribution in [0.5, 0.6) is 0 Å². The number of hydrogen-bond donors (Lipinski definition) is 1. The van der Waals surface area contributed by atoms with Crippen molar-refractivity contribution in [3.05, 3.63) is 84.4 Å². The van der Waals surface area contributed by atoms with Crippen molar-refractivity contribution in [3.8, 4) is 11.4 Å². The summed E-state index contributed by atoms with van der Waals surface area (Å²) in [5, 5.41) is 6.55. The Bertz CT molecular complexity index is 1140. The van der Waals surface area contributed by atoms with E-state index < -0.39 is 12.1 Å². The van der Waals surface area contributed by atoms with E-state index in [9.17, 15) is 9.59 Å². The maximum atomic E-state index is 12.4. The number of esters is 1. The molecule has 3 aromatic heterocycles. The van der Waals surface area contributed by atoms with Gasteiger partial charge in [-0.05, 0) is 55.5 Å². The third-order valence-electron chi connectivity index (χ3n) is 4.12. The minimum atomic E-state index is -0.742. The second-order valence-electron chi connectivity index (χ2n) is 6.25. The maximum Gasteiger partial charge on any atom is 0.338 e. The number of aromatic nitrogens is 3. The predicted octanol–water partition coefficient (Wildman–Crippen LogP) is 3.89. The van der Waals surface area contributed by atoms with Gasteiger partial charge in [0.25, 0.3) is 11.8 Å². The molecule has 4 rings (SSSR count). The van der Waals surface area contributed by atoms with Crippen molar-refractivity contribution >= 4 is 17.6 Å². The molecule has 1 N–H and O–H groups in total. The van der Waals surface area contributed by atoms with Gasteiger partial charge in [0, 0.05) is 23.6 Å². The van der Waals surface area contributed by atoms with Crippen LogP contribution < -0.4 is 5.32 Å². The fourth-order valence-corrected chi connectivity index (χ4v) is 2.58. The highest BCUT2D eigenvalue weighted by Gasteiger charge is 2.20. The summed E-state index contributed by atoms with van der Waals surface area (Å²) in [6.45, 7) is 1.64. The van der Waals surface area contributed by atoms with Gasteiger partial charge in [-0.15, -0.1) is 0 Å². The lowest BCUT2D eigenvalue weighted by molar-refractivity contribution is 0.0265. The first kappa shape index (κ1) is 19.1. The summed E-state index contributed by atoms with van der Waals surface area (Å²) >= 11 is 0. The molecule has 9 nitrogen and oxygen atoms in total. The molecule has 0 fully saturated rings. The number of pyridine rings is 1. The number of benzene rings is 1. The lowest BCUT2D eigenvalue weighted by atomic mass is 10.2. The molecule has 150 valence electrons. The van der Waals surface area contributed by atoms with E-state index in [2.05, 4.69) is 20.4 Å². The fraction of sp³-hybridized carbons (Fsp3) is 0.0952. The lowest BCUT2D eigenvalue weighted by Gasteiger charge is -2.09. The molecule has 3 heterocycles. The number of carbonyl (C=O) groups excluding carboxylic acids is 2. The van der Waals surface area contributed by atoms with Gasteiger partial charge in [-0.2, -0.15) is 4.98 Å². The van der Waals surface area contributed by atoms with Crippen molar-refractivity contribution in [2.45, 2.75) is 13.0 Å². The zero-order chi connectivity index (χ0) is 20.9. The Morgan fingerprint density at radius 2 is 1.93 bits per heavy atom. The van der Waals surface area contributed by atoms with Crippen molar-refractivity contribution in [2.24, 2.45) is 0 Å². The molecule has 0 aliphatic carbocycles. The molecule has 0 bridgehead atoms. The van der Waals surface area contributed by atoms with E-state index in [1.54, 1.807) is 67.8 Å². The minimum absolute atomic E-state index is 0.171. The average molecular weight is 404 g/mol. The van der Waals surface area contributed by atoms with Gasteiger partial charge in [0.05, 0.1) is 11.8 Å². The van der Waals surface area contributed by atoms with Crippen molar-refractivity contribution < 1.29 is 23.3 Å². The van der Waals surface area contributed by atoms with Gasteiger partial charge in [0.1, 0.15) is 0 Å². The van der Waals surface area contributed by atoms with E-state index in [1.807, 2.05) is 0 Å². The SMILES string of the molecule is CC(OC(=O)c1ccc(NC(=O)c2ccco2)cc1)c1nc(-c2cccnc2)no1. The molecule has 1 unspecified atom stereocenters. The molecule has 1 aromatic carbocycles. The fourth-order valence-electron chi connectivity index (χ4n) is 2.58. The van der Waals surface area contributed by atoms with Gasteiger partial charge in [0.15, 0.2) is 11.9 Å². The zero-order valence-electron chi connectivity index (χ0n) is 15.8. The molecule has 0 spiro atoms. The van der Waals surface area contributed by atoms with Crippen molar-refractivity contribution in [2.75, 3.05) is 5.32 Å². The molecule has 0 saturated heterocycles. The number of amides is 1. The Labute approximate surface area is 170 Å². The summed E-state index contributed by atoms with van der Waals surface area (Å²) in [5.74, 6) is -0.225. The van der Waals surface area contributed by atoms with Crippen LogP contribution in [0.3, 0.4) is 0 Å². The van der Waals surface area contributed by atoms with Crippen LogP contribution in [0.2, 0.25) is 0 Å². The summed E-state index contributed by atoms with van der Waals surface area (Å²) in [7, 11) is 0. The van der Waals surface area contributed by atoms with Crippen molar-refractivity contribution in [1.82, 2.24) is 15.1 Å². The van der Waals surface area contributed by atoms with Gasteiger partial charge in [-0.25, -0.2) is 4.79 Å². The predicted molar refractivity (Wildman–Crippen MR) is 104 cm³/mol. The van der Waals surface area contributed by atoms with E-state index in [4.69, 9.17) is 13.7 Å². The lowest BCUT2D eigenvalue weighted by Crippen LogP contribution is -2.12. The van der Waals surface area contributed by atoms with E-state index >= 15 is 0 Å². The number of anilines is 1. The van der Waals surface area contributed by atoms with E-state index in [1.165, 1.54) is 6.26 Å². The molecule has 1 amide bonds. The van der Waals surface area contributed by atoms with Gasteiger partial charge < -0.3 is 19.0 Å². The number of carbonyl (C=O) groups is 2. The smallest absolute Gasteiger partial charge is 0.338 e. The second-order valence-corrected chi connectivity index (χ2v) is 6.25. The van der Waals surface area contributed by atoms with Crippen LogP contribution in [0.15, 0.2) is 76.1 Å². The molecule has 9 heteroatoms. The number of ether oxygens (including phenoxy) is 1. The molecule has 0 saturated carbocycles.